The number of carbonyl (C=O) groups excluding carboxylic acids is 1. The van der Waals surface area contributed by atoms with E-state index in [1.54, 1.807) is 19.4 Å². The maximum Gasteiger partial charge on any atom is 0.270 e. The van der Waals surface area contributed by atoms with Crippen LogP contribution in [0.4, 0.5) is 17.3 Å². The van der Waals surface area contributed by atoms with E-state index in [0.29, 0.717) is 17.6 Å². The van der Waals surface area contributed by atoms with E-state index in [1.165, 1.54) is 12.8 Å². The van der Waals surface area contributed by atoms with E-state index >= 15 is 0 Å². The molecule has 3 aliphatic rings. The van der Waals surface area contributed by atoms with Gasteiger partial charge in [0.05, 0.1) is 26.0 Å². The highest BCUT2D eigenvalue weighted by atomic mass is 16.5. The van der Waals surface area contributed by atoms with Gasteiger partial charge in [-0.15, -0.1) is 0 Å². The average molecular weight is 509 g/mol. The molecule has 2 aromatic rings. The lowest BCUT2D eigenvalue weighted by molar-refractivity contribution is 0.0398. The van der Waals surface area contributed by atoms with Gasteiger partial charge in [0, 0.05) is 50.2 Å². The van der Waals surface area contributed by atoms with Crippen molar-refractivity contribution in [2.75, 3.05) is 57.1 Å². The molecule has 1 aromatic carbocycles. The van der Waals surface area contributed by atoms with Gasteiger partial charge in [0.2, 0.25) is 5.95 Å². The van der Waals surface area contributed by atoms with Crippen molar-refractivity contribution in [3.8, 4) is 5.75 Å². The Bertz CT molecular complexity index is 1120. The Morgan fingerprint density at radius 1 is 1.22 bits per heavy atom. The van der Waals surface area contributed by atoms with E-state index in [9.17, 15) is 4.79 Å². The molecule has 0 radical (unpaired) electrons. The van der Waals surface area contributed by atoms with Crippen molar-refractivity contribution in [2.24, 2.45) is 16.7 Å². The number of rotatable bonds is 9. The molecule has 9 nitrogen and oxygen atoms in total. The summed E-state index contributed by atoms with van der Waals surface area (Å²) >= 11 is 0. The normalized spacial score (nSPS) is 26.6. The molecule has 2 heterocycles. The van der Waals surface area contributed by atoms with Crippen LogP contribution in [0.15, 0.2) is 30.5 Å². The number of hydrogen-bond acceptors (Lipinski definition) is 8. The van der Waals surface area contributed by atoms with E-state index in [1.807, 2.05) is 18.2 Å². The summed E-state index contributed by atoms with van der Waals surface area (Å²) in [4.78, 5) is 24.3. The molecule has 3 fully saturated rings. The fourth-order valence-electron chi connectivity index (χ4n) is 6.46. The molecule has 2 bridgehead atoms. The fourth-order valence-corrected chi connectivity index (χ4v) is 6.46. The van der Waals surface area contributed by atoms with Crippen LogP contribution in [0, 0.1) is 16.7 Å². The van der Waals surface area contributed by atoms with Gasteiger partial charge in [-0.25, -0.2) is 9.97 Å². The van der Waals surface area contributed by atoms with Gasteiger partial charge in [-0.2, -0.15) is 0 Å². The molecule has 200 valence electrons. The van der Waals surface area contributed by atoms with Crippen molar-refractivity contribution < 1.29 is 14.3 Å². The third kappa shape index (κ3) is 5.25. The summed E-state index contributed by atoms with van der Waals surface area (Å²) in [7, 11) is 1.66. The largest absolute Gasteiger partial charge is 0.495 e. The zero-order valence-corrected chi connectivity index (χ0v) is 22.5. The standard InChI is InChI=1S/C28H40N6O3/c1-27(2)20-7-9-28(27,3)18-23(20)32-25(35)22-8-10-30-26(33-22)31-19-5-6-21(24(17-19)36-4)29-11-12-34-13-15-37-16-14-34/h5-6,8,10,17,20,23,29H,7,9,11-16,18H2,1-4H3,(H,32,35)(H,30,31,33). The number of nitrogens with one attached hydrogen (secondary N) is 3. The molecule has 3 N–H and O–H groups in total. The van der Waals surface area contributed by atoms with Crippen molar-refractivity contribution in [1.29, 1.82) is 0 Å². The second-order valence-electron chi connectivity index (χ2n) is 11.4. The highest BCUT2D eigenvalue weighted by molar-refractivity contribution is 5.92. The van der Waals surface area contributed by atoms with E-state index in [2.05, 4.69) is 51.6 Å². The molecule has 37 heavy (non-hydrogen) atoms. The van der Waals surface area contributed by atoms with Crippen LogP contribution >= 0.6 is 0 Å². The molecule has 5 rings (SSSR count). The van der Waals surface area contributed by atoms with Gasteiger partial charge >= 0.3 is 0 Å². The third-order valence-corrected chi connectivity index (χ3v) is 9.16. The van der Waals surface area contributed by atoms with Crippen LogP contribution in [0.1, 0.15) is 50.5 Å². The summed E-state index contributed by atoms with van der Waals surface area (Å²) < 4.78 is 11.0. The van der Waals surface area contributed by atoms with Gasteiger partial charge in [0.15, 0.2) is 0 Å². The Kier molecular flexibility index (Phi) is 7.27. The van der Waals surface area contributed by atoms with E-state index < -0.39 is 0 Å². The summed E-state index contributed by atoms with van der Waals surface area (Å²) in [5.41, 5.74) is 2.62. The Morgan fingerprint density at radius 3 is 2.73 bits per heavy atom. The number of benzene rings is 1. The number of aromatic nitrogens is 2. The van der Waals surface area contributed by atoms with Crippen molar-refractivity contribution in [3.05, 3.63) is 36.2 Å². The van der Waals surface area contributed by atoms with Crippen LogP contribution < -0.4 is 20.7 Å². The topological polar surface area (TPSA) is 101 Å². The molecular formula is C28H40N6O3. The maximum absolute atomic E-state index is 13.1. The minimum absolute atomic E-state index is 0.139. The molecule has 3 unspecified atom stereocenters. The smallest absolute Gasteiger partial charge is 0.270 e. The molecule has 3 atom stereocenters. The lowest BCUT2D eigenvalue weighted by Crippen LogP contribution is -2.40. The Morgan fingerprint density at radius 2 is 2.03 bits per heavy atom. The van der Waals surface area contributed by atoms with Crippen LogP contribution in [0.5, 0.6) is 5.75 Å². The molecule has 9 heteroatoms. The number of fused-ring (bicyclic) bond motifs is 2. The van der Waals surface area contributed by atoms with Gasteiger partial charge in [-0.3, -0.25) is 9.69 Å². The highest BCUT2D eigenvalue weighted by Crippen LogP contribution is 2.65. The van der Waals surface area contributed by atoms with Crippen molar-refractivity contribution in [2.45, 2.75) is 46.1 Å². The van der Waals surface area contributed by atoms with E-state index in [-0.39, 0.29) is 22.8 Å². The average Bonchev–Trinajstić information content (AvgIpc) is 3.23. The summed E-state index contributed by atoms with van der Waals surface area (Å²) in [5, 5.41) is 9.95. The SMILES string of the molecule is COc1cc(Nc2nccc(C(=O)NC3CC4(C)CCC3C4(C)C)n2)ccc1NCCN1CCOCC1. The second-order valence-corrected chi connectivity index (χ2v) is 11.4. The Labute approximate surface area is 219 Å². The maximum atomic E-state index is 13.1. The third-order valence-electron chi connectivity index (χ3n) is 9.16. The Balaban J connectivity index is 1.19. The first kappa shape index (κ1) is 25.7. The van der Waals surface area contributed by atoms with E-state index in [0.717, 1.165) is 62.9 Å². The van der Waals surface area contributed by atoms with Crippen molar-refractivity contribution >= 4 is 23.2 Å². The molecule has 0 spiro atoms. The molecule has 2 saturated carbocycles. The van der Waals surface area contributed by atoms with Gasteiger partial charge in [-0.1, -0.05) is 20.8 Å². The molecule has 1 amide bonds. The van der Waals surface area contributed by atoms with Crippen molar-refractivity contribution in [1.82, 2.24) is 20.2 Å². The second kappa shape index (κ2) is 10.5. The summed E-state index contributed by atoms with van der Waals surface area (Å²) in [6.07, 6.45) is 5.06. The van der Waals surface area contributed by atoms with E-state index in [4.69, 9.17) is 9.47 Å². The summed E-state index contributed by atoms with van der Waals surface area (Å²) in [6, 6.07) is 7.70. The first-order chi connectivity index (χ1) is 17.8. The Hall–Kier alpha value is -2.91. The molecular weight excluding hydrogens is 468 g/mol. The van der Waals surface area contributed by atoms with Crippen LogP contribution in [-0.2, 0) is 4.74 Å². The van der Waals surface area contributed by atoms with Gasteiger partial charge in [-0.05, 0) is 54.2 Å². The first-order valence-corrected chi connectivity index (χ1v) is 13.4. The van der Waals surface area contributed by atoms with Gasteiger partial charge in [0.1, 0.15) is 11.4 Å². The number of carbonyl (C=O) groups is 1. The molecule has 1 aromatic heterocycles. The predicted octanol–water partition coefficient (Wildman–Crippen LogP) is 3.92. The molecule has 1 saturated heterocycles. The lowest BCUT2D eigenvalue weighted by Gasteiger charge is -2.33. The van der Waals surface area contributed by atoms with Gasteiger partial charge in [0.25, 0.3) is 5.91 Å². The predicted molar refractivity (Wildman–Crippen MR) is 145 cm³/mol. The number of hydrogen-bond donors (Lipinski definition) is 3. The number of ether oxygens (including phenoxy) is 2. The lowest BCUT2D eigenvalue weighted by atomic mass is 9.71. The molecule has 2 aliphatic carbocycles. The van der Waals surface area contributed by atoms with Crippen LogP contribution in [0.3, 0.4) is 0 Å². The number of morpholine rings is 1. The van der Waals surface area contributed by atoms with Crippen molar-refractivity contribution in [3.63, 3.8) is 0 Å². The fraction of sp³-hybridized carbons (Fsp3) is 0.607. The summed E-state index contributed by atoms with van der Waals surface area (Å²) in [6.45, 7) is 12.4. The number of nitrogens with zero attached hydrogens (tertiary/aromatic N) is 3. The number of methoxy groups -OCH3 is 1. The highest BCUT2D eigenvalue weighted by Gasteiger charge is 2.60. The minimum Gasteiger partial charge on any atom is -0.495 e. The zero-order valence-electron chi connectivity index (χ0n) is 22.5. The summed E-state index contributed by atoms with van der Waals surface area (Å²) in [5.74, 6) is 1.48. The number of anilines is 3. The van der Waals surface area contributed by atoms with Gasteiger partial charge < -0.3 is 25.4 Å². The number of amides is 1. The minimum atomic E-state index is -0.139. The molecule has 1 aliphatic heterocycles. The first-order valence-electron chi connectivity index (χ1n) is 13.4. The van der Waals surface area contributed by atoms with Crippen LogP contribution in [-0.4, -0.2) is 73.3 Å². The quantitative estimate of drug-likeness (QED) is 0.469. The zero-order chi connectivity index (χ0) is 26.0. The van der Waals surface area contributed by atoms with Crippen LogP contribution in [0.2, 0.25) is 0 Å². The monoisotopic (exact) mass is 508 g/mol. The van der Waals surface area contributed by atoms with Crippen LogP contribution in [0.25, 0.3) is 0 Å².